The van der Waals surface area contributed by atoms with Crippen LogP contribution in [0.1, 0.15) is 26.8 Å². The lowest BCUT2D eigenvalue weighted by atomic mass is 10.1. The minimum absolute atomic E-state index is 0.00521. The fraction of sp³-hybridized carbons (Fsp3) is 0.615. The van der Waals surface area contributed by atoms with E-state index in [2.05, 4.69) is 29.1 Å². The Morgan fingerprint density at radius 3 is 2.70 bits per heavy atom. The van der Waals surface area contributed by atoms with Gasteiger partial charge in [-0.3, -0.25) is 9.36 Å². The minimum Gasteiger partial charge on any atom is -0.395 e. The molecule has 0 aliphatic heterocycles. The lowest BCUT2D eigenvalue weighted by Gasteiger charge is -2.18. The summed E-state index contributed by atoms with van der Waals surface area (Å²) in [5.74, 6) is 0.876. The van der Waals surface area contributed by atoms with Gasteiger partial charge < -0.3 is 15.0 Å². The maximum absolute atomic E-state index is 12.6. The normalized spacial score (nSPS) is 13.1. The Labute approximate surface area is 117 Å². The minimum atomic E-state index is -0.0942. The summed E-state index contributed by atoms with van der Waals surface area (Å²) < 4.78 is 3.33. The topological polar surface area (TPSA) is 85.0 Å². The molecule has 7 nitrogen and oxygen atoms in total. The number of nitrogens with one attached hydrogen (secondary N) is 1. The number of nitrogens with zero attached hydrogens (tertiary/aromatic N) is 4. The van der Waals surface area contributed by atoms with Gasteiger partial charge in [0, 0.05) is 19.6 Å². The number of hydrogen-bond acceptors (Lipinski definition) is 5. The molecular formula is C13H21N5O2. The summed E-state index contributed by atoms with van der Waals surface area (Å²) in [5, 5.41) is 11.8. The van der Waals surface area contributed by atoms with Crippen molar-refractivity contribution in [2.24, 2.45) is 13.0 Å². The van der Waals surface area contributed by atoms with Crippen LogP contribution < -0.4 is 10.9 Å². The van der Waals surface area contributed by atoms with Crippen LogP contribution in [0.5, 0.6) is 0 Å². The lowest BCUT2D eigenvalue weighted by molar-refractivity contribution is 0.310. The molecule has 20 heavy (non-hydrogen) atoms. The highest BCUT2D eigenvalue weighted by Crippen LogP contribution is 2.17. The van der Waals surface area contributed by atoms with E-state index in [1.807, 2.05) is 6.92 Å². The molecule has 2 aromatic rings. The second-order valence-electron chi connectivity index (χ2n) is 5.26. The lowest BCUT2D eigenvalue weighted by Crippen LogP contribution is -2.27. The standard InChI is InChI=1S/C13H21N5O2/c1-8(2)9(3)18-7-15-11-10(12(18)20)17(4)13(16-11)14-5-6-19/h7-9,19H,5-6H2,1-4H3,(H,14,16). The van der Waals surface area contributed by atoms with Gasteiger partial charge in [0.05, 0.1) is 6.61 Å². The monoisotopic (exact) mass is 279 g/mol. The third-order valence-electron chi connectivity index (χ3n) is 3.62. The summed E-state index contributed by atoms with van der Waals surface area (Å²) in [6.07, 6.45) is 1.55. The second kappa shape index (κ2) is 5.62. The van der Waals surface area contributed by atoms with Crippen molar-refractivity contribution in [2.45, 2.75) is 26.8 Å². The number of hydrogen-bond donors (Lipinski definition) is 2. The number of imidazole rings is 1. The van der Waals surface area contributed by atoms with Gasteiger partial charge in [0.15, 0.2) is 11.2 Å². The van der Waals surface area contributed by atoms with Gasteiger partial charge >= 0.3 is 0 Å². The van der Waals surface area contributed by atoms with Gasteiger partial charge in [-0.1, -0.05) is 13.8 Å². The van der Waals surface area contributed by atoms with Gasteiger partial charge in [-0.05, 0) is 12.8 Å². The van der Waals surface area contributed by atoms with E-state index in [1.165, 1.54) is 0 Å². The fourth-order valence-corrected chi connectivity index (χ4v) is 2.04. The molecular weight excluding hydrogens is 258 g/mol. The van der Waals surface area contributed by atoms with Crippen LogP contribution in [0, 0.1) is 5.92 Å². The largest absolute Gasteiger partial charge is 0.395 e. The molecule has 7 heteroatoms. The van der Waals surface area contributed by atoms with Gasteiger partial charge in [0.2, 0.25) is 5.95 Å². The molecule has 1 atom stereocenters. The van der Waals surface area contributed by atoms with Crippen LogP contribution >= 0.6 is 0 Å². The maximum Gasteiger partial charge on any atom is 0.279 e. The average Bonchev–Trinajstić information content (AvgIpc) is 2.73. The van der Waals surface area contributed by atoms with Crippen LogP contribution in [0.15, 0.2) is 11.1 Å². The number of aromatic nitrogens is 4. The SMILES string of the molecule is CC(C)C(C)n1cnc2nc(NCCO)n(C)c2c1=O. The molecule has 2 rings (SSSR count). The van der Waals surface area contributed by atoms with Gasteiger partial charge in [0.25, 0.3) is 5.56 Å². The Balaban J connectivity index is 2.55. The van der Waals surface area contributed by atoms with Crippen molar-refractivity contribution in [3.63, 3.8) is 0 Å². The molecule has 0 bridgehead atoms. The number of anilines is 1. The number of aliphatic hydroxyl groups is 1. The van der Waals surface area contributed by atoms with E-state index < -0.39 is 0 Å². The summed E-state index contributed by atoms with van der Waals surface area (Å²) in [4.78, 5) is 21.1. The molecule has 0 fully saturated rings. The third-order valence-corrected chi connectivity index (χ3v) is 3.62. The first kappa shape index (κ1) is 14.5. The van der Waals surface area contributed by atoms with E-state index in [4.69, 9.17) is 5.11 Å². The summed E-state index contributed by atoms with van der Waals surface area (Å²) in [5.41, 5.74) is 0.800. The molecule has 2 heterocycles. The van der Waals surface area contributed by atoms with E-state index in [0.717, 1.165) is 0 Å². The molecule has 0 saturated carbocycles. The van der Waals surface area contributed by atoms with Crippen LogP contribution in [0.4, 0.5) is 5.95 Å². The summed E-state index contributed by atoms with van der Waals surface area (Å²) in [7, 11) is 1.77. The van der Waals surface area contributed by atoms with E-state index in [9.17, 15) is 4.79 Å². The van der Waals surface area contributed by atoms with Crippen LogP contribution in [0.2, 0.25) is 0 Å². The van der Waals surface area contributed by atoms with Gasteiger partial charge in [-0.25, -0.2) is 4.98 Å². The molecule has 110 valence electrons. The molecule has 0 saturated heterocycles. The van der Waals surface area contributed by atoms with E-state index in [0.29, 0.717) is 29.6 Å². The highest BCUT2D eigenvalue weighted by atomic mass is 16.3. The van der Waals surface area contributed by atoms with Crippen molar-refractivity contribution < 1.29 is 5.11 Å². The predicted octanol–water partition coefficient (Wildman–Crippen LogP) is 0.751. The fourth-order valence-electron chi connectivity index (χ4n) is 2.04. The average molecular weight is 279 g/mol. The Morgan fingerprint density at radius 2 is 2.10 bits per heavy atom. The van der Waals surface area contributed by atoms with Crippen LogP contribution in [0.3, 0.4) is 0 Å². The maximum atomic E-state index is 12.6. The summed E-state index contributed by atoms with van der Waals surface area (Å²) >= 11 is 0. The van der Waals surface area contributed by atoms with Crippen LogP contribution in [-0.2, 0) is 7.05 Å². The quantitative estimate of drug-likeness (QED) is 0.843. The molecule has 0 amide bonds. The Kier molecular flexibility index (Phi) is 4.08. The Hall–Kier alpha value is -1.89. The highest BCUT2D eigenvalue weighted by Gasteiger charge is 2.17. The summed E-state index contributed by atoms with van der Waals surface area (Å²) in [6.45, 7) is 6.53. The zero-order chi connectivity index (χ0) is 14.9. The van der Waals surface area contributed by atoms with Crippen molar-refractivity contribution in [1.82, 2.24) is 19.1 Å². The number of aliphatic hydroxyl groups excluding tert-OH is 1. The molecule has 2 aromatic heterocycles. The molecule has 0 spiro atoms. The van der Waals surface area contributed by atoms with Crippen molar-refractivity contribution in [1.29, 1.82) is 0 Å². The van der Waals surface area contributed by atoms with Crippen LogP contribution in [-0.4, -0.2) is 37.4 Å². The Bertz CT molecular complexity index is 659. The molecule has 0 aliphatic rings. The molecule has 0 aliphatic carbocycles. The smallest absolute Gasteiger partial charge is 0.279 e. The second-order valence-corrected chi connectivity index (χ2v) is 5.26. The van der Waals surface area contributed by atoms with Crippen LogP contribution in [0.25, 0.3) is 11.2 Å². The first-order valence-corrected chi connectivity index (χ1v) is 6.75. The van der Waals surface area contributed by atoms with Gasteiger partial charge in [0.1, 0.15) is 6.33 Å². The van der Waals surface area contributed by atoms with Crippen molar-refractivity contribution in [3.05, 3.63) is 16.7 Å². The molecule has 0 aromatic carbocycles. The first-order chi connectivity index (χ1) is 9.47. The highest BCUT2D eigenvalue weighted by molar-refractivity contribution is 5.73. The summed E-state index contributed by atoms with van der Waals surface area (Å²) in [6, 6.07) is 0.0724. The first-order valence-electron chi connectivity index (χ1n) is 6.75. The molecule has 1 unspecified atom stereocenters. The Morgan fingerprint density at radius 1 is 1.40 bits per heavy atom. The van der Waals surface area contributed by atoms with Crippen molar-refractivity contribution >= 4 is 17.1 Å². The predicted molar refractivity (Wildman–Crippen MR) is 77.9 cm³/mol. The zero-order valence-corrected chi connectivity index (χ0v) is 12.3. The van der Waals surface area contributed by atoms with Gasteiger partial charge in [-0.15, -0.1) is 0 Å². The number of aryl methyl sites for hydroxylation is 1. The van der Waals surface area contributed by atoms with E-state index in [-0.39, 0.29) is 18.2 Å². The third kappa shape index (κ3) is 2.40. The zero-order valence-electron chi connectivity index (χ0n) is 12.3. The van der Waals surface area contributed by atoms with Gasteiger partial charge in [-0.2, -0.15) is 4.98 Å². The molecule has 0 radical (unpaired) electrons. The van der Waals surface area contributed by atoms with Crippen molar-refractivity contribution in [3.8, 4) is 0 Å². The number of rotatable bonds is 5. The molecule has 2 N–H and O–H groups in total. The van der Waals surface area contributed by atoms with E-state index >= 15 is 0 Å². The number of fused-ring (bicyclic) bond motifs is 1. The van der Waals surface area contributed by atoms with Crippen molar-refractivity contribution in [2.75, 3.05) is 18.5 Å². The van der Waals surface area contributed by atoms with E-state index in [1.54, 1.807) is 22.5 Å².